The van der Waals surface area contributed by atoms with Crippen LogP contribution in [-0.4, -0.2) is 108 Å². The number of fused-ring (bicyclic) bond motifs is 1. The highest BCUT2D eigenvalue weighted by molar-refractivity contribution is 5.99. The number of carbonyl (C=O) groups is 4. The number of allylic oxidation sites excluding steroid dienone is 1. The predicted octanol–water partition coefficient (Wildman–Crippen LogP) is 6.51. The molecule has 2 heterocycles. The molecule has 0 aliphatic carbocycles. The van der Waals surface area contributed by atoms with Crippen LogP contribution in [0.1, 0.15) is 98.7 Å². The molecule has 0 unspecified atom stereocenters. The molecule has 18 heteroatoms. The normalized spacial score (nSPS) is 10.8. The second kappa shape index (κ2) is 23.9. The van der Waals surface area contributed by atoms with E-state index in [-0.39, 0.29) is 49.3 Å². The van der Waals surface area contributed by atoms with Gasteiger partial charge < -0.3 is 50.1 Å². The molecule has 4 rings (SSSR count). The third-order valence-corrected chi connectivity index (χ3v) is 8.55. The molecule has 0 bridgehead atoms. The Morgan fingerprint density at radius 2 is 1.67 bits per heavy atom. The van der Waals surface area contributed by atoms with Crippen LogP contribution < -0.4 is 31.2 Å². The van der Waals surface area contributed by atoms with Crippen molar-refractivity contribution in [2.75, 3.05) is 58.3 Å². The van der Waals surface area contributed by atoms with Crippen LogP contribution in [0.2, 0.25) is 0 Å². The first kappa shape index (κ1) is 50.6. The minimum Gasteiger partial charge on any atom is -0.494 e. The molecule has 61 heavy (non-hydrogen) atoms. The number of esters is 1. The Morgan fingerprint density at radius 3 is 2.26 bits per heavy atom. The molecule has 3 amide bonds. The van der Waals surface area contributed by atoms with Crippen LogP contribution in [-0.2, 0) is 22.6 Å². The minimum absolute atomic E-state index is 0.000704. The molecule has 0 aliphatic heterocycles. The molecule has 2 aromatic carbocycles. The molecule has 334 valence electrons. The van der Waals surface area contributed by atoms with Crippen molar-refractivity contribution >= 4 is 59.0 Å². The fourth-order valence-corrected chi connectivity index (χ4v) is 5.87. The second-order valence-electron chi connectivity index (χ2n) is 13.9. The summed E-state index contributed by atoms with van der Waals surface area (Å²) in [5.74, 6) is -0.798. The van der Waals surface area contributed by atoms with E-state index in [4.69, 9.17) is 30.4 Å². The molecule has 0 spiro atoms. The number of aliphatic imine (C=N–C) groups is 1. The maximum Gasteiger partial charge on any atom is 0.410 e. The molecule has 4 aromatic rings. The molecule has 0 atom stereocenters. The fraction of sp³-hybridized carbons (Fsp3) is 0.465. The van der Waals surface area contributed by atoms with Crippen LogP contribution in [0, 0.1) is 6.92 Å². The van der Waals surface area contributed by atoms with Crippen LogP contribution in [0.3, 0.4) is 0 Å². The van der Waals surface area contributed by atoms with E-state index < -0.39 is 23.6 Å². The lowest BCUT2D eigenvalue weighted by molar-refractivity contribution is 0.0291. The first-order valence-electron chi connectivity index (χ1n) is 20.2. The lowest BCUT2D eigenvalue weighted by atomic mass is 10.1. The van der Waals surface area contributed by atoms with E-state index in [0.29, 0.717) is 64.8 Å². The van der Waals surface area contributed by atoms with Crippen LogP contribution >= 0.6 is 0 Å². The molecule has 0 saturated carbocycles. The van der Waals surface area contributed by atoms with Gasteiger partial charge in [0.15, 0.2) is 0 Å². The Balaban J connectivity index is 0.00000311. The van der Waals surface area contributed by atoms with Gasteiger partial charge in [-0.15, -0.1) is 0 Å². The van der Waals surface area contributed by atoms with Gasteiger partial charge in [-0.25, -0.2) is 14.6 Å². The number of methoxy groups -OCH3 is 2. The molecule has 0 saturated heterocycles. The van der Waals surface area contributed by atoms with Crippen molar-refractivity contribution in [1.82, 2.24) is 29.5 Å². The zero-order valence-corrected chi connectivity index (χ0v) is 37.7. The predicted molar refractivity (Wildman–Crippen MR) is 239 cm³/mol. The topological polar surface area (TPSA) is 224 Å². The number of nitrogens with zero attached hydrogens (tertiary/aromatic N) is 7. The monoisotopic (exact) mass is 848 g/mol. The van der Waals surface area contributed by atoms with E-state index >= 15 is 0 Å². The van der Waals surface area contributed by atoms with Crippen molar-refractivity contribution in [2.45, 2.75) is 87.4 Å². The summed E-state index contributed by atoms with van der Waals surface area (Å²) >= 11 is 0. The van der Waals surface area contributed by atoms with Crippen molar-refractivity contribution < 1.29 is 38.1 Å². The van der Waals surface area contributed by atoms with E-state index in [9.17, 15) is 19.2 Å². The van der Waals surface area contributed by atoms with E-state index in [1.54, 1.807) is 54.1 Å². The standard InChI is InChI=1S/C39H52N10O8.2C2H6/c1-10-49-29(18-24(2)45-49)35(51)43-23-47(32-27(42-6)20-26(36(52)55-9)22-30(32)54-8)15-11-12-16-48-33-28(44-37(48)41)19-25(34(40)50)21-31(33)56-17-13-14-46(7)38(53)57-39(3,4)5;2*1-2/h11-12,18-22H,6,10,13-17,23H2,1-5,7-9H3,(H2,40,50)(H2,41,44)(H,43,51);2*1-2H3/b12-11+;;. The van der Waals surface area contributed by atoms with E-state index in [1.807, 2.05) is 53.7 Å². The minimum atomic E-state index is -0.663. The Bertz CT molecular complexity index is 2150. The number of hydrogen-bond acceptors (Lipinski definition) is 13. The number of nitrogen functional groups attached to an aromatic ring is 1. The summed E-state index contributed by atoms with van der Waals surface area (Å²) in [6.07, 6.45) is 3.70. The zero-order chi connectivity index (χ0) is 46.0. The summed E-state index contributed by atoms with van der Waals surface area (Å²) in [4.78, 5) is 62.4. The number of nitrogens with two attached hydrogens (primary N) is 2. The maximum atomic E-state index is 13.4. The molecule has 0 fully saturated rings. The van der Waals surface area contributed by atoms with Crippen LogP contribution in [0.25, 0.3) is 11.0 Å². The number of nitrogens with one attached hydrogen (secondary N) is 1. The lowest BCUT2D eigenvalue weighted by Crippen LogP contribution is -2.39. The molecule has 0 aliphatic rings. The number of ether oxygens (including phenoxy) is 4. The van der Waals surface area contributed by atoms with Gasteiger partial charge in [0.25, 0.3) is 5.91 Å². The number of hydrogen-bond donors (Lipinski definition) is 3. The molecular formula is C43H64N10O8. The largest absolute Gasteiger partial charge is 0.494 e. The molecule has 5 N–H and O–H groups in total. The highest BCUT2D eigenvalue weighted by atomic mass is 16.6. The zero-order valence-electron chi connectivity index (χ0n) is 37.7. The van der Waals surface area contributed by atoms with Crippen molar-refractivity contribution in [3.8, 4) is 11.5 Å². The highest BCUT2D eigenvalue weighted by Crippen LogP contribution is 2.39. The fourth-order valence-electron chi connectivity index (χ4n) is 5.87. The third-order valence-electron chi connectivity index (χ3n) is 8.55. The smallest absolute Gasteiger partial charge is 0.410 e. The van der Waals surface area contributed by atoms with Crippen molar-refractivity contribution in [3.05, 3.63) is 65.0 Å². The Kier molecular flexibility index (Phi) is 19.8. The average molecular weight is 849 g/mol. The molecule has 2 aromatic heterocycles. The van der Waals surface area contributed by atoms with E-state index in [2.05, 4.69) is 27.1 Å². The van der Waals surface area contributed by atoms with Gasteiger partial charge in [0.1, 0.15) is 34.0 Å². The van der Waals surface area contributed by atoms with Gasteiger partial charge in [0, 0.05) is 38.8 Å². The number of aryl methyl sites for hydroxylation is 2. The molecule has 0 radical (unpaired) electrons. The number of primary amides is 1. The molecule has 18 nitrogen and oxygen atoms in total. The Labute approximate surface area is 358 Å². The Hall–Kier alpha value is -6.59. The summed E-state index contributed by atoms with van der Waals surface area (Å²) < 4.78 is 25.5. The number of anilines is 2. The summed E-state index contributed by atoms with van der Waals surface area (Å²) in [6.45, 7) is 22.3. The number of imidazole rings is 1. The van der Waals surface area contributed by atoms with Gasteiger partial charge in [-0.05, 0) is 78.1 Å². The maximum absolute atomic E-state index is 13.4. The molecular weight excluding hydrogens is 785 g/mol. The van der Waals surface area contributed by atoms with Gasteiger partial charge in [-0.3, -0.25) is 19.3 Å². The third kappa shape index (κ3) is 13.7. The second-order valence-corrected chi connectivity index (χ2v) is 13.9. The van der Waals surface area contributed by atoms with Gasteiger partial charge in [-0.1, -0.05) is 39.8 Å². The Morgan fingerprint density at radius 1 is 1.00 bits per heavy atom. The van der Waals surface area contributed by atoms with E-state index in [1.165, 1.54) is 37.3 Å². The van der Waals surface area contributed by atoms with Crippen molar-refractivity contribution in [2.24, 2.45) is 10.7 Å². The first-order valence-corrected chi connectivity index (χ1v) is 20.2. The van der Waals surface area contributed by atoms with Crippen LogP contribution in [0.15, 0.2) is 47.5 Å². The summed E-state index contributed by atoms with van der Waals surface area (Å²) in [7, 11) is 4.37. The summed E-state index contributed by atoms with van der Waals surface area (Å²) in [5.41, 5.74) is 14.6. The summed E-state index contributed by atoms with van der Waals surface area (Å²) in [5, 5.41) is 7.34. The number of benzene rings is 2. The highest BCUT2D eigenvalue weighted by Gasteiger charge is 2.23. The van der Waals surface area contributed by atoms with Gasteiger partial charge in [-0.2, -0.15) is 5.10 Å². The lowest BCUT2D eigenvalue weighted by Gasteiger charge is -2.27. The number of aromatic nitrogens is 4. The first-order chi connectivity index (χ1) is 29.0. The van der Waals surface area contributed by atoms with Gasteiger partial charge in [0.05, 0.1) is 50.0 Å². The average Bonchev–Trinajstić information content (AvgIpc) is 3.79. The van der Waals surface area contributed by atoms with Crippen molar-refractivity contribution in [3.63, 3.8) is 0 Å². The number of amides is 3. The van der Waals surface area contributed by atoms with Gasteiger partial charge >= 0.3 is 12.1 Å². The summed E-state index contributed by atoms with van der Waals surface area (Å²) in [6, 6.07) is 7.84. The van der Waals surface area contributed by atoms with Crippen LogP contribution in [0.4, 0.5) is 22.1 Å². The van der Waals surface area contributed by atoms with E-state index in [0.717, 1.165) is 0 Å². The van der Waals surface area contributed by atoms with Crippen LogP contribution in [0.5, 0.6) is 11.5 Å². The quantitative estimate of drug-likeness (QED) is 0.0321. The number of rotatable bonds is 18. The number of carbonyl (C=O) groups excluding carboxylic acids is 4. The van der Waals surface area contributed by atoms with Crippen molar-refractivity contribution in [1.29, 1.82) is 0 Å². The SMILES string of the molecule is C=Nc1cc(C(=O)OC)cc(OC)c1N(C/C=C/Cn1c(N)nc2cc(C(N)=O)cc(OCCCN(C)C(=O)OC(C)(C)C)c21)CNC(=O)c1cc(C)nn1CC.CC.CC. The van der Waals surface area contributed by atoms with Gasteiger partial charge in [0.2, 0.25) is 11.9 Å².